The summed E-state index contributed by atoms with van der Waals surface area (Å²) in [6.45, 7) is 0. The molecule has 0 saturated carbocycles. The monoisotopic (exact) mass is 285 g/mol. The average molecular weight is 285 g/mol. The summed E-state index contributed by atoms with van der Waals surface area (Å²) in [7, 11) is 0. The Hall–Kier alpha value is 0.470. The molecule has 0 unspecified atom stereocenters. The molecule has 0 bridgehead atoms. The predicted octanol–water partition coefficient (Wildman–Crippen LogP) is -0.466. The number of hydrogen-bond donors (Lipinski definition) is 0. The predicted molar refractivity (Wildman–Crippen MR) is 10.8 cm³/mol. The maximum absolute atomic E-state index is 0. The summed E-state index contributed by atoms with van der Waals surface area (Å²) in [6.07, 6.45) is 0. The Bertz CT molecular complexity index is 8.04. The molecular formula is H5FO5Ta. The van der Waals surface area contributed by atoms with Crippen LogP contribution in [-0.4, -0.2) is 27.4 Å². The van der Waals surface area contributed by atoms with E-state index in [0.29, 0.717) is 0 Å². The Morgan fingerprint density at radius 2 is 0.429 bits per heavy atom. The van der Waals surface area contributed by atoms with Crippen LogP contribution in [0.4, 0.5) is 4.70 Å². The van der Waals surface area contributed by atoms with Gasteiger partial charge in [0, 0.05) is 4.70 Å². The molecule has 7 heavy (non-hydrogen) atoms. The fraction of sp³-hybridized carbons (Fsp3) is 0. The van der Waals surface area contributed by atoms with E-state index in [2.05, 4.69) is 0 Å². The first-order valence-electron chi connectivity index (χ1n) is 0. The van der Waals surface area contributed by atoms with Crippen LogP contribution in [0.5, 0.6) is 0 Å². The third-order valence-electron chi connectivity index (χ3n) is 0. The van der Waals surface area contributed by atoms with Gasteiger partial charge in [-0.05, 0) is 0 Å². The Labute approximate surface area is 55.1 Å². The van der Waals surface area contributed by atoms with E-state index < -0.39 is 0 Å². The molecular weight excluding hydrogens is 280 g/mol. The molecule has 5 nitrogen and oxygen atoms in total. The number of hydrogen-bond acceptors (Lipinski definition) is 5. The van der Waals surface area contributed by atoms with Gasteiger partial charge < -0.3 is 27.4 Å². The van der Waals surface area contributed by atoms with Crippen LogP contribution in [0.15, 0.2) is 0 Å². The Morgan fingerprint density at radius 1 is 0.429 bits per heavy atom. The van der Waals surface area contributed by atoms with E-state index >= 15 is 0 Å². The van der Waals surface area contributed by atoms with Crippen LogP contribution in [0, 0.1) is 0 Å². The molecule has 0 fully saturated rings. The van der Waals surface area contributed by atoms with Crippen LogP contribution in [0.3, 0.4) is 0 Å². The van der Waals surface area contributed by atoms with E-state index in [0.717, 1.165) is 0 Å². The molecule has 0 amide bonds. The summed E-state index contributed by atoms with van der Waals surface area (Å²) in [5.41, 5.74) is 0. The van der Waals surface area contributed by atoms with Crippen LogP contribution >= 0.6 is 0 Å². The fourth-order valence-corrected chi connectivity index (χ4v) is 0. The molecule has 0 aromatic heterocycles. The normalized spacial score (nSPS) is 0. The molecule has 0 rings (SSSR count). The quantitative estimate of drug-likeness (QED) is 0.589. The van der Waals surface area contributed by atoms with E-state index in [1.807, 2.05) is 0 Å². The molecule has 0 spiro atoms. The van der Waals surface area contributed by atoms with Crippen LogP contribution < -0.4 is 0 Å². The molecule has 5 N–H and O–H groups in total. The van der Waals surface area contributed by atoms with Crippen molar-refractivity contribution >= 4 is 0 Å². The minimum Gasteiger partial charge on any atom is -0.870 e. The van der Waals surface area contributed by atoms with Crippen molar-refractivity contribution in [2.75, 3.05) is 0 Å². The van der Waals surface area contributed by atoms with Crippen molar-refractivity contribution in [2.45, 2.75) is 0 Å². The van der Waals surface area contributed by atoms with Crippen molar-refractivity contribution in [1.82, 2.24) is 0 Å². The number of rotatable bonds is 0. The molecule has 0 heterocycles. The Kier molecular flexibility index (Phi) is 177000. The maximum Gasteiger partial charge on any atom is 5.00 e. The second kappa shape index (κ2) is 876. The van der Waals surface area contributed by atoms with E-state index in [1.165, 1.54) is 0 Å². The summed E-state index contributed by atoms with van der Waals surface area (Å²) in [5.74, 6) is 0. The van der Waals surface area contributed by atoms with Crippen LogP contribution in [-0.2, 0) is 22.4 Å². The van der Waals surface area contributed by atoms with Crippen molar-refractivity contribution in [3.63, 3.8) is 0 Å². The minimum atomic E-state index is 0. The van der Waals surface area contributed by atoms with E-state index in [4.69, 9.17) is 0 Å². The van der Waals surface area contributed by atoms with Gasteiger partial charge in [0.2, 0.25) is 0 Å². The van der Waals surface area contributed by atoms with Gasteiger partial charge in [0.15, 0.2) is 0 Å². The minimum absolute atomic E-state index is 0. The zero-order valence-corrected chi connectivity index (χ0v) is 6.27. The van der Waals surface area contributed by atoms with Gasteiger partial charge >= 0.3 is 22.4 Å². The molecule has 0 aliphatic heterocycles. The summed E-state index contributed by atoms with van der Waals surface area (Å²) < 4.78 is 0. The van der Waals surface area contributed by atoms with Crippen LogP contribution in [0.2, 0.25) is 0 Å². The number of halogens is 1. The fourth-order valence-electron chi connectivity index (χ4n) is 0. The van der Waals surface area contributed by atoms with E-state index in [9.17, 15) is 0 Å². The van der Waals surface area contributed by atoms with Gasteiger partial charge in [-0.25, -0.2) is 0 Å². The van der Waals surface area contributed by atoms with Crippen molar-refractivity contribution in [3.8, 4) is 0 Å². The Morgan fingerprint density at radius 3 is 0.429 bits per heavy atom. The first-order chi connectivity index (χ1) is 0. The largest absolute Gasteiger partial charge is 5.00 e. The zero-order chi connectivity index (χ0) is 0. The molecule has 7 heteroatoms. The topological polar surface area (TPSA) is 150 Å². The SMILES string of the molecule is [F].[OH-].[OH-].[OH-].[OH-].[OH-].[Ta+5]. The summed E-state index contributed by atoms with van der Waals surface area (Å²) in [5, 5.41) is 0. The van der Waals surface area contributed by atoms with Gasteiger partial charge in [0.1, 0.15) is 0 Å². The maximum atomic E-state index is 0. The van der Waals surface area contributed by atoms with Gasteiger partial charge in [0.05, 0.1) is 0 Å². The van der Waals surface area contributed by atoms with Crippen LogP contribution in [0.25, 0.3) is 0 Å². The van der Waals surface area contributed by atoms with E-state index in [1.54, 1.807) is 0 Å². The molecule has 0 aliphatic carbocycles. The molecule has 47 valence electrons. The average Bonchev–Trinajstić information content (AvgIpc) is 0. The van der Waals surface area contributed by atoms with Gasteiger partial charge in [-0.2, -0.15) is 0 Å². The second-order valence-corrected chi connectivity index (χ2v) is 0. The van der Waals surface area contributed by atoms with Crippen molar-refractivity contribution in [2.24, 2.45) is 0 Å². The standard InChI is InChI=1S/F.5H2O.Ta/h;5*1H2;/q;;;;;;+5/p-5. The van der Waals surface area contributed by atoms with Gasteiger partial charge in [-0.1, -0.05) is 0 Å². The summed E-state index contributed by atoms with van der Waals surface area (Å²) in [4.78, 5) is 0. The molecule has 0 aliphatic rings. The van der Waals surface area contributed by atoms with Crippen molar-refractivity contribution in [1.29, 1.82) is 0 Å². The van der Waals surface area contributed by atoms with Gasteiger partial charge in [0.25, 0.3) is 0 Å². The molecule has 0 aromatic rings. The third kappa shape index (κ3) is 585. The van der Waals surface area contributed by atoms with Gasteiger partial charge in [-0.15, -0.1) is 0 Å². The molecule has 0 saturated heterocycles. The zero-order valence-electron chi connectivity index (χ0n) is 3.06. The van der Waals surface area contributed by atoms with Crippen LogP contribution in [0.1, 0.15) is 0 Å². The third-order valence-corrected chi connectivity index (χ3v) is 0. The van der Waals surface area contributed by atoms with E-state index in [-0.39, 0.29) is 54.5 Å². The molecule has 0 aromatic carbocycles. The molecule has 1 radical (unpaired) electrons. The second-order valence-electron chi connectivity index (χ2n) is 0. The van der Waals surface area contributed by atoms with Crippen molar-refractivity contribution in [3.05, 3.63) is 0 Å². The smallest absolute Gasteiger partial charge is 0.870 e. The van der Waals surface area contributed by atoms with Crippen molar-refractivity contribution < 1.29 is 54.5 Å². The van der Waals surface area contributed by atoms with Gasteiger partial charge in [-0.3, -0.25) is 0 Å². The first-order valence-corrected chi connectivity index (χ1v) is 0. The Balaban J connectivity index is 0. The summed E-state index contributed by atoms with van der Waals surface area (Å²) >= 11 is 0. The molecule has 0 atom stereocenters. The summed E-state index contributed by atoms with van der Waals surface area (Å²) in [6, 6.07) is 0. The first kappa shape index (κ1) is 1410.